The molecule has 0 aliphatic carbocycles. The Balaban J connectivity index is 2.02. The molecular weight excluding hydrogens is 204 g/mol. The smallest absolute Gasteiger partial charge is 0.326 e. The molecular formula is C12H16N2O2. The first-order valence-electron chi connectivity index (χ1n) is 5.52. The van der Waals surface area contributed by atoms with E-state index in [0.717, 1.165) is 18.8 Å². The summed E-state index contributed by atoms with van der Waals surface area (Å²) in [6.07, 6.45) is 0. The third kappa shape index (κ3) is 2.17. The normalized spacial score (nSPS) is 15.9. The van der Waals surface area contributed by atoms with Crippen LogP contribution in [0.1, 0.15) is 6.92 Å². The summed E-state index contributed by atoms with van der Waals surface area (Å²) in [4.78, 5) is 15.5. The van der Waals surface area contributed by atoms with Crippen LogP contribution in [0.3, 0.4) is 0 Å². The highest BCUT2D eigenvalue weighted by atomic mass is 16.5. The average Bonchev–Trinajstić information content (AvgIpc) is 2.69. The average molecular weight is 220 g/mol. The van der Waals surface area contributed by atoms with Crippen molar-refractivity contribution in [2.24, 2.45) is 0 Å². The topological polar surface area (TPSA) is 32.8 Å². The molecule has 1 fully saturated rings. The zero-order valence-corrected chi connectivity index (χ0v) is 9.43. The predicted molar refractivity (Wildman–Crippen MR) is 62.4 cm³/mol. The van der Waals surface area contributed by atoms with E-state index < -0.39 is 0 Å². The van der Waals surface area contributed by atoms with Crippen LogP contribution >= 0.6 is 0 Å². The first-order valence-corrected chi connectivity index (χ1v) is 5.52. The molecule has 0 bridgehead atoms. The van der Waals surface area contributed by atoms with Crippen molar-refractivity contribution in [2.45, 2.75) is 6.92 Å². The van der Waals surface area contributed by atoms with Gasteiger partial charge in [-0.1, -0.05) is 18.2 Å². The van der Waals surface area contributed by atoms with Gasteiger partial charge in [-0.15, -0.1) is 0 Å². The number of rotatable bonds is 4. The standard InChI is InChI=1S/C12H16N2O2/c1-2-16-10-13-8-9-14(12(13)15)11-6-4-3-5-7-11/h3-7H,2,8-10H2,1H3. The minimum Gasteiger partial charge on any atom is -0.361 e. The minimum atomic E-state index is 0.0275. The molecule has 1 aliphatic heterocycles. The second-order valence-electron chi connectivity index (χ2n) is 3.66. The Kier molecular flexibility index (Phi) is 3.41. The lowest BCUT2D eigenvalue weighted by Gasteiger charge is -2.18. The zero-order valence-electron chi connectivity index (χ0n) is 9.43. The molecule has 1 heterocycles. The van der Waals surface area contributed by atoms with Crippen LogP contribution in [-0.4, -0.2) is 37.4 Å². The van der Waals surface area contributed by atoms with Gasteiger partial charge in [-0.25, -0.2) is 4.79 Å². The molecule has 4 heteroatoms. The first kappa shape index (κ1) is 11.0. The van der Waals surface area contributed by atoms with Crippen LogP contribution in [0, 0.1) is 0 Å². The van der Waals surface area contributed by atoms with Gasteiger partial charge >= 0.3 is 6.03 Å². The summed E-state index contributed by atoms with van der Waals surface area (Å²) in [6, 6.07) is 9.74. The van der Waals surface area contributed by atoms with Gasteiger partial charge in [-0.2, -0.15) is 0 Å². The second-order valence-corrected chi connectivity index (χ2v) is 3.66. The van der Waals surface area contributed by atoms with E-state index in [-0.39, 0.29) is 6.03 Å². The number of carbonyl (C=O) groups is 1. The fraction of sp³-hybridized carbons (Fsp3) is 0.417. The van der Waals surface area contributed by atoms with Crippen LogP contribution < -0.4 is 4.90 Å². The van der Waals surface area contributed by atoms with E-state index in [4.69, 9.17) is 4.74 Å². The Labute approximate surface area is 95.4 Å². The number of anilines is 1. The third-order valence-electron chi connectivity index (χ3n) is 2.61. The fourth-order valence-electron chi connectivity index (χ4n) is 1.75. The quantitative estimate of drug-likeness (QED) is 0.776. The van der Waals surface area contributed by atoms with E-state index in [1.165, 1.54) is 0 Å². The van der Waals surface area contributed by atoms with Crippen molar-refractivity contribution in [1.29, 1.82) is 0 Å². The molecule has 0 saturated carbocycles. The van der Waals surface area contributed by atoms with Crippen LogP contribution in [0.25, 0.3) is 0 Å². The van der Waals surface area contributed by atoms with E-state index >= 15 is 0 Å². The van der Waals surface area contributed by atoms with E-state index in [1.54, 1.807) is 9.80 Å². The highest BCUT2D eigenvalue weighted by molar-refractivity contribution is 5.93. The maximum absolute atomic E-state index is 12.0. The van der Waals surface area contributed by atoms with Crippen LogP contribution in [0.15, 0.2) is 30.3 Å². The Morgan fingerprint density at radius 3 is 2.69 bits per heavy atom. The van der Waals surface area contributed by atoms with E-state index in [9.17, 15) is 4.79 Å². The Hall–Kier alpha value is -1.55. The van der Waals surface area contributed by atoms with Gasteiger partial charge in [-0.3, -0.25) is 9.80 Å². The fourth-order valence-corrected chi connectivity index (χ4v) is 1.75. The Morgan fingerprint density at radius 2 is 2.00 bits per heavy atom. The summed E-state index contributed by atoms with van der Waals surface area (Å²) in [5, 5.41) is 0. The molecule has 2 rings (SSSR count). The lowest BCUT2D eigenvalue weighted by Crippen LogP contribution is -2.33. The van der Waals surface area contributed by atoms with Crippen molar-refractivity contribution >= 4 is 11.7 Å². The highest BCUT2D eigenvalue weighted by Crippen LogP contribution is 2.19. The van der Waals surface area contributed by atoms with Crippen molar-refractivity contribution in [2.75, 3.05) is 31.3 Å². The Morgan fingerprint density at radius 1 is 1.25 bits per heavy atom. The van der Waals surface area contributed by atoms with E-state index in [1.807, 2.05) is 37.3 Å². The van der Waals surface area contributed by atoms with Gasteiger partial charge in [0.05, 0.1) is 0 Å². The maximum atomic E-state index is 12.0. The number of amides is 2. The van der Waals surface area contributed by atoms with Gasteiger partial charge in [-0.05, 0) is 19.1 Å². The number of benzene rings is 1. The lowest BCUT2D eigenvalue weighted by molar-refractivity contribution is 0.0665. The van der Waals surface area contributed by atoms with Gasteiger partial charge in [0.1, 0.15) is 6.73 Å². The molecule has 1 aromatic carbocycles. The molecule has 1 aliphatic rings. The molecule has 0 spiro atoms. The summed E-state index contributed by atoms with van der Waals surface area (Å²) in [5.74, 6) is 0. The SMILES string of the molecule is CCOCN1CCN(c2ccccc2)C1=O. The molecule has 2 amide bonds. The van der Waals surface area contributed by atoms with Crippen molar-refractivity contribution in [3.8, 4) is 0 Å². The molecule has 0 radical (unpaired) electrons. The molecule has 0 atom stereocenters. The largest absolute Gasteiger partial charge is 0.361 e. The number of hydrogen-bond acceptors (Lipinski definition) is 2. The number of carbonyl (C=O) groups excluding carboxylic acids is 1. The third-order valence-corrected chi connectivity index (χ3v) is 2.61. The summed E-state index contributed by atoms with van der Waals surface area (Å²) >= 11 is 0. The maximum Gasteiger partial charge on any atom is 0.326 e. The van der Waals surface area contributed by atoms with Gasteiger partial charge in [0.2, 0.25) is 0 Å². The van der Waals surface area contributed by atoms with Crippen LogP contribution in [0.4, 0.5) is 10.5 Å². The van der Waals surface area contributed by atoms with Gasteiger partial charge < -0.3 is 4.74 Å². The summed E-state index contributed by atoms with van der Waals surface area (Å²) in [6.45, 7) is 4.41. The van der Waals surface area contributed by atoms with Crippen LogP contribution in [-0.2, 0) is 4.74 Å². The monoisotopic (exact) mass is 220 g/mol. The molecule has 0 N–H and O–H groups in total. The van der Waals surface area contributed by atoms with Crippen molar-refractivity contribution in [1.82, 2.24) is 4.90 Å². The predicted octanol–water partition coefficient (Wildman–Crippen LogP) is 1.92. The molecule has 1 aromatic rings. The summed E-state index contributed by atoms with van der Waals surface area (Å²) < 4.78 is 5.25. The summed E-state index contributed by atoms with van der Waals surface area (Å²) in [7, 11) is 0. The highest BCUT2D eigenvalue weighted by Gasteiger charge is 2.28. The van der Waals surface area contributed by atoms with Gasteiger partial charge in [0, 0.05) is 25.4 Å². The van der Waals surface area contributed by atoms with E-state index in [2.05, 4.69) is 0 Å². The summed E-state index contributed by atoms with van der Waals surface area (Å²) in [5.41, 5.74) is 0.950. The number of hydrogen-bond donors (Lipinski definition) is 0. The number of para-hydroxylation sites is 1. The number of ether oxygens (including phenoxy) is 1. The molecule has 16 heavy (non-hydrogen) atoms. The molecule has 0 aromatic heterocycles. The minimum absolute atomic E-state index is 0.0275. The molecule has 86 valence electrons. The van der Waals surface area contributed by atoms with Crippen molar-refractivity contribution in [3.63, 3.8) is 0 Å². The lowest BCUT2D eigenvalue weighted by atomic mass is 10.3. The number of urea groups is 1. The molecule has 4 nitrogen and oxygen atoms in total. The van der Waals surface area contributed by atoms with Crippen LogP contribution in [0.2, 0.25) is 0 Å². The van der Waals surface area contributed by atoms with Gasteiger partial charge in [0.15, 0.2) is 0 Å². The molecule has 0 unspecified atom stereocenters. The van der Waals surface area contributed by atoms with Crippen molar-refractivity contribution < 1.29 is 9.53 Å². The van der Waals surface area contributed by atoms with Crippen molar-refractivity contribution in [3.05, 3.63) is 30.3 Å². The zero-order chi connectivity index (χ0) is 11.4. The second kappa shape index (κ2) is 4.99. The Bertz CT molecular complexity index is 353. The number of nitrogens with zero attached hydrogens (tertiary/aromatic N) is 2. The molecule has 1 saturated heterocycles. The van der Waals surface area contributed by atoms with Gasteiger partial charge in [0.25, 0.3) is 0 Å². The van der Waals surface area contributed by atoms with Crippen LogP contribution in [0.5, 0.6) is 0 Å². The first-order chi connectivity index (χ1) is 7.83. The van der Waals surface area contributed by atoms with E-state index in [0.29, 0.717) is 13.3 Å².